The van der Waals surface area contributed by atoms with Crippen LogP contribution in [0.15, 0.2) is 18.6 Å². The summed E-state index contributed by atoms with van der Waals surface area (Å²) in [6.07, 6.45) is 3.66. The first kappa shape index (κ1) is 13.8. The fraction of sp³-hybridized carbons (Fsp3) is 0.571. The molecule has 1 atom stereocenters. The lowest BCUT2D eigenvalue weighted by molar-refractivity contribution is 0.344. The maximum Gasteiger partial charge on any atom is 0.154 e. The van der Waals surface area contributed by atoms with Gasteiger partial charge in [0.2, 0.25) is 0 Å². The molecule has 0 saturated carbocycles. The number of aromatic nitrogens is 3. The molecule has 0 aliphatic carbocycles. The van der Waals surface area contributed by atoms with E-state index in [0.29, 0.717) is 12.0 Å². The first-order valence-electron chi connectivity index (χ1n) is 6.66. The van der Waals surface area contributed by atoms with Gasteiger partial charge in [0, 0.05) is 25.8 Å². The molecule has 0 radical (unpaired) electrons. The van der Waals surface area contributed by atoms with Crippen LogP contribution >= 0.6 is 0 Å². The highest BCUT2D eigenvalue weighted by Gasteiger charge is 2.17. The molecule has 1 unspecified atom stereocenters. The summed E-state index contributed by atoms with van der Waals surface area (Å²) >= 11 is 0. The van der Waals surface area contributed by atoms with E-state index in [2.05, 4.69) is 48.1 Å². The Hall–Kier alpha value is -1.62. The van der Waals surface area contributed by atoms with E-state index >= 15 is 0 Å². The van der Waals surface area contributed by atoms with Gasteiger partial charge in [0.25, 0.3) is 0 Å². The fourth-order valence-electron chi connectivity index (χ4n) is 2.16. The van der Waals surface area contributed by atoms with Crippen LogP contribution in [0.1, 0.15) is 13.8 Å². The van der Waals surface area contributed by atoms with Crippen LogP contribution in [0.4, 0.5) is 5.82 Å². The van der Waals surface area contributed by atoms with Gasteiger partial charge in [0.05, 0.1) is 11.8 Å². The quantitative estimate of drug-likeness (QED) is 0.894. The molecule has 0 amide bonds. The van der Waals surface area contributed by atoms with Crippen molar-refractivity contribution in [1.82, 2.24) is 19.4 Å². The molecule has 2 rings (SSSR count). The number of fused-ring (bicyclic) bond motifs is 1. The van der Waals surface area contributed by atoms with Gasteiger partial charge in [0.1, 0.15) is 5.52 Å². The minimum absolute atomic E-state index is 0.357. The van der Waals surface area contributed by atoms with Gasteiger partial charge in [-0.25, -0.2) is 9.97 Å². The Morgan fingerprint density at radius 3 is 2.68 bits per heavy atom. The summed E-state index contributed by atoms with van der Waals surface area (Å²) < 4.78 is 2.01. The van der Waals surface area contributed by atoms with E-state index in [9.17, 15) is 0 Å². The van der Waals surface area contributed by atoms with E-state index in [1.54, 1.807) is 0 Å². The Labute approximate surface area is 114 Å². The highest BCUT2D eigenvalue weighted by molar-refractivity contribution is 5.85. The highest BCUT2D eigenvalue weighted by atomic mass is 15.1. The summed E-state index contributed by atoms with van der Waals surface area (Å²) in [4.78, 5) is 11.1. The van der Waals surface area contributed by atoms with Gasteiger partial charge >= 0.3 is 0 Å². The minimum Gasteiger partial charge on any atom is -0.364 e. The monoisotopic (exact) mass is 261 g/mol. The third kappa shape index (κ3) is 3.04. The zero-order valence-electron chi connectivity index (χ0n) is 12.4. The summed E-state index contributed by atoms with van der Waals surface area (Å²) in [5.41, 5.74) is 2.04. The smallest absolute Gasteiger partial charge is 0.154 e. The van der Waals surface area contributed by atoms with Crippen LogP contribution in [-0.2, 0) is 7.05 Å². The summed E-state index contributed by atoms with van der Waals surface area (Å²) in [5, 5.41) is 3.54. The second kappa shape index (κ2) is 5.57. The largest absolute Gasteiger partial charge is 0.364 e. The average Bonchev–Trinajstić information content (AvgIpc) is 2.71. The van der Waals surface area contributed by atoms with Crippen molar-refractivity contribution < 1.29 is 0 Å². The number of imidazole rings is 1. The normalized spacial score (nSPS) is 13.4. The van der Waals surface area contributed by atoms with Crippen molar-refractivity contribution >= 4 is 16.9 Å². The zero-order valence-corrected chi connectivity index (χ0v) is 12.4. The SMILES string of the molecule is CC(C)C(CN(C)C)Nc1nccc2c1ncn2C. The van der Waals surface area contributed by atoms with E-state index in [1.165, 1.54) is 0 Å². The van der Waals surface area contributed by atoms with E-state index in [1.807, 2.05) is 30.2 Å². The van der Waals surface area contributed by atoms with Crippen molar-refractivity contribution in [3.8, 4) is 0 Å². The van der Waals surface area contributed by atoms with E-state index in [4.69, 9.17) is 0 Å². The Morgan fingerprint density at radius 1 is 1.32 bits per heavy atom. The number of hydrogen-bond donors (Lipinski definition) is 1. The van der Waals surface area contributed by atoms with Crippen LogP contribution in [-0.4, -0.2) is 46.1 Å². The molecule has 0 bridgehead atoms. The first-order valence-corrected chi connectivity index (χ1v) is 6.66. The zero-order chi connectivity index (χ0) is 14.0. The number of nitrogens with zero attached hydrogens (tertiary/aromatic N) is 4. The maximum atomic E-state index is 4.44. The predicted octanol–water partition coefficient (Wildman–Crippen LogP) is 1.97. The molecule has 0 aliphatic rings. The number of hydrogen-bond acceptors (Lipinski definition) is 4. The summed E-state index contributed by atoms with van der Waals surface area (Å²) in [6, 6.07) is 2.35. The van der Waals surface area contributed by atoms with Crippen molar-refractivity contribution in [3.63, 3.8) is 0 Å². The van der Waals surface area contributed by atoms with Gasteiger partial charge in [-0.2, -0.15) is 0 Å². The third-order valence-electron chi connectivity index (χ3n) is 3.33. The summed E-state index contributed by atoms with van der Waals surface area (Å²) in [5.74, 6) is 1.40. The van der Waals surface area contributed by atoms with Gasteiger partial charge in [-0.05, 0) is 26.1 Å². The predicted molar refractivity (Wildman–Crippen MR) is 79.3 cm³/mol. The van der Waals surface area contributed by atoms with Crippen molar-refractivity contribution in [3.05, 3.63) is 18.6 Å². The molecule has 104 valence electrons. The molecule has 2 heterocycles. The third-order valence-corrected chi connectivity index (χ3v) is 3.33. The molecule has 19 heavy (non-hydrogen) atoms. The molecule has 0 aromatic carbocycles. The average molecular weight is 261 g/mol. The Morgan fingerprint density at radius 2 is 2.05 bits per heavy atom. The lowest BCUT2D eigenvalue weighted by Crippen LogP contribution is -2.36. The van der Waals surface area contributed by atoms with Crippen molar-refractivity contribution in [1.29, 1.82) is 0 Å². The van der Waals surface area contributed by atoms with Crippen LogP contribution < -0.4 is 5.32 Å². The van der Waals surface area contributed by atoms with Crippen molar-refractivity contribution in [2.75, 3.05) is 26.0 Å². The van der Waals surface area contributed by atoms with E-state index in [0.717, 1.165) is 23.4 Å². The first-order chi connectivity index (χ1) is 8.99. The molecule has 0 aliphatic heterocycles. The molecule has 0 fully saturated rings. The number of pyridine rings is 1. The van der Waals surface area contributed by atoms with Gasteiger partial charge in [-0.1, -0.05) is 13.8 Å². The Bertz CT molecular complexity index is 544. The minimum atomic E-state index is 0.357. The second-order valence-electron chi connectivity index (χ2n) is 5.64. The van der Waals surface area contributed by atoms with Gasteiger partial charge in [-0.15, -0.1) is 0 Å². The standard InChI is InChI=1S/C14H23N5/c1-10(2)11(8-18(3)4)17-14-13-12(6-7-15-14)19(5)9-16-13/h6-7,9-11H,8H2,1-5H3,(H,15,17). The molecule has 1 N–H and O–H groups in total. The lowest BCUT2D eigenvalue weighted by Gasteiger charge is -2.26. The van der Waals surface area contributed by atoms with Crippen molar-refractivity contribution in [2.45, 2.75) is 19.9 Å². The van der Waals surface area contributed by atoms with Crippen LogP contribution in [0.25, 0.3) is 11.0 Å². The van der Waals surface area contributed by atoms with Gasteiger partial charge in [0.15, 0.2) is 5.82 Å². The molecular formula is C14H23N5. The molecule has 0 spiro atoms. The molecule has 0 saturated heterocycles. The Kier molecular flexibility index (Phi) is 4.04. The number of nitrogens with one attached hydrogen (secondary N) is 1. The highest BCUT2D eigenvalue weighted by Crippen LogP contribution is 2.20. The molecule has 5 nitrogen and oxygen atoms in total. The second-order valence-corrected chi connectivity index (χ2v) is 5.64. The van der Waals surface area contributed by atoms with E-state index in [-0.39, 0.29) is 0 Å². The topological polar surface area (TPSA) is 46.0 Å². The Balaban J connectivity index is 2.28. The molecular weight excluding hydrogens is 238 g/mol. The number of anilines is 1. The fourth-order valence-corrected chi connectivity index (χ4v) is 2.16. The lowest BCUT2D eigenvalue weighted by atomic mass is 10.0. The van der Waals surface area contributed by atoms with Gasteiger partial charge in [-0.3, -0.25) is 0 Å². The molecule has 2 aromatic rings. The van der Waals surface area contributed by atoms with E-state index < -0.39 is 0 Å². The van der Waals surface area contributed by atoms with Crippen LogP contribution in [0, 0.1) is 5.92 Å². The van der Waals surface area contributed by atoms with Crippen LogP contribution in [0.3, 0.4) is 0 Å². The van der Waals surface area contributed by atoms with Crippen LogP contribution in [0.5, 0.6) is 0 Å². The number of aryl methyl sites for hydroxylation is 1. The molecule has 5 heteroatoms. The molecule has 2 aromatic heterocycles. The maximum absolute atomic E-state index is 4.44. The van der Waals surface area contributed by atoms with Crippen LogP contribution in [0.2, 0.25) is 0 Å². The van der Waals surface area contributed by atoms with Crippen molar-refractivity contribution in [2.24, 2.45) is 13.0 Å². The summed E-state index contributed by atoms with van der Waals surface area (Å²) in [6.45, 7) is 5.42. The summed E-state index contributed by atoms with van der Waals surface area (Å²) in [7, 11) is 6.18. The number of rotatable bonds is 5. The number of likely N-dealkylation sites (N-methyl/N-ethyl adjacent to an activating group) is 1. The van der Waals surface area contributed by atoms with Gasteiger partial charge < -0.3 is 14.8 Å².